The van der Waals surface area contributed by atoms with Crippen LogP contribution in [0.2, 0.25) is 0 Å². The van der Waals surface area contributed by atoms with Crippen LogP contribution in [0.3, 0.4) is 0 Å². The minimum Gasteiger partial charge on any atom is -0.481 e. The summed E-state index contributed by atoms with van der Waals surface area (Å²) in [4.78, 5) is 20.5. The molecule has 1 unspecified atom stereocenters. The van der Waals surface area contributed by atoms with Crippen molar-refractivity contribution in [3.63, 3.8) is 0 Å². The average molecular weight is 208 g/mol. The summed E-state index contributed by atoms with van der Waals surface area (Å²) in [6.45, 7) is 2.90. The van der Waals surface area contributed by atoms with Crippen LogP contribution in [-0.4, -0.2) is 35.8 Å². The number of carboxylic acid groups (broad SMARTS) is 2. The first-order valence-corrected chi connectivity index (χ1v) is 4.73. The van der Waals surface area contributed by atoms with Crippen molar-refractivity contribution >= 4 is 21.8 Å². The fourth-order valence-electron chi connectivity index (χ4n) is 0.619. The molecule has 0 aliphatic rings. The molecule has 7 heteroatoms. The third-order valence-electron chi connectivity index (χ3n) is 1.26. The molecule has 74 valence electrons. The first kappa shape index (κ1) is 11.6. The molecule has 0 aliphatic carbocycles. The highest BCUT2D eigenvalue weighted by molar-refractivity contribution is 7.95. The molecule has 1 atom stereocenters. The standard InChI is InChI=1S/C6H8O6S/c1-2-13(11,12)4(6(9)10)3-5(7)8/h2,4H,1,3H2,(H,7,8)(H,9,10). The predicted molar refractivity (Wildman–Crippen MR) is 42.8 cm³/mol. The Morgan fingerprint density at radius 1 is 1.38 bits per heavy atom. The molecule has 6 nitrogen and oxygen atoms in total. The molecule has 0 spiro atoms. The van der Waals surface area contributed by atoms with Gasteiger partial charge in [0.1, 0.15) is 0 Å². The quantitative estimate of drug-likeness (QED) is 0.628. The molecule has 0 aromatic rings. The molecule has 0 bridgehead atoms. The van der Waals surface area contributed by atoms with Crippen LogP contribution < -0.4 is 0 Å². The summed E-state index contributed by atoms with van der Waals surface area (Å²) >= 11 is 0. The van der Waals surface area contributed by atoms with Gasteiger partial charge in [-0.2, -0.15) is 0 Å². The van der Waals surface area contributed by atoms with E-state index in [4.69, 9.17) is 10.2 Å². The Labute approximate surface area is 74.4 Å². The highest BCUT2D eigenvalue weighted by atomic mass is 32.2. The molecule has 0 saturated carbocycles. The van der Waals surface area contributed by atoms with Crippen LogP contribution in [-0.2, 0) is 19.4 Å². The molecular weight excluding hydrogens is 200 g/mol. The topological polar surface area (TPSA) is 109 Å². The number of aliphatic carboxylic acids is 2. The lowest BCUT2D eigenvalue weighted by atomic mass is 10.3. The summed E-state index contributed by atoms with van der Waals surface area (Å²) in [7, 11) is -4.07. The van der Waals surface area contributed by atoms with Gasteiger partial charge in [-0.1, -0.05) is 6.58 Å². The summed E-state index contributed by atoms with van der Waals surface area (Å²) in [6.07, 6.45) is -0.969. The van der Waals surface area contributed by atoms with E-state index in [1.807, 2.05) is 0 Å². The van der Waals surface area contributed by atoms with Gasteiger partial charge in [-0.15, -0.1) is 0 Å². The lowest BCUT2D eigenvalue weighted by Crippen LogP contribution is -2.31. The van der Waals surface area contributed by atoms with Gasteiger partial charge in [-0.05, 0) is 0 Å². The molecule has 0 fully saturated rings. The normalized spacial score (nSPS) is 13.2. The molecule has 0 amide bonds. The Bertz CT molecular complexity index is 327. The van der Waals surface area contributed by atoms with Gasteiger partial charge in [0.25, 0.3) is 0 Å². The SMILES string of the molecule is C=CS(=O)(=O)C(CC(=O)O)C(=O)O. The van der Waals surface area contributed by atoms with Crippen LogP contribution in [0.15, 0.2) is 12.0 Å². The van der Waals surface area contributed by atoms with Gasteiger partial charge in [0.05, 0.1) is 6.42 Å². The summed E-state index contributed by atoms with van der Waals surface area (Å²) in [5.41, 5.74) is 0. The average Bonchev–Trinajstić information content (AvgIpc) is 1.99. The molecule has 0 aliphatic heterocycles. The zero-order valence-electron chi connectivity index (χ0n) is 6.50. The largest absolute Gasteiger partial charge is 0.481 e. The van der Waals surface area contributed by atoms with Crippen molar-refractivity contribution in [2.75, 3.05) is 0 Å². The molecule has 0 aromatic heterocycles. The molecule has 0 aromatic carbocycles. The molecule has 0 radical (unpaired) electrons. The highest BCUT2D eigenvalue weighted by Gasteiger charge is 2.32. The summed E-state index contributed by atoms with van der Waals surface area (Å²) in [6, 6.07) is 0. The fraction of sp³-hybridized carbons (Fsp3) is 0.333. The van der Waals surface area contributed by atoms with Crippen molar-refractivity contribution in [2.45, 2.75) is 11.7 Å². The molecular formula is C6H8O6S. The Balaban J connectivity index is 4.94. The zero-order chi connectivity index (χ0) is 10.6. The van der Waals surface area contributed by atoms with E-state index in [0.717, 1.165) is 0 Å². The van der Waals surface area contributed by atoms with Crippen LogP contribution in [0, 0.1) is 0 Å². The van der Waals surface area contributed by atoms with Gasteiger partial charge in [-0.3, -0.25) is 9.59 Å². The first-order chi connectivity index (χ1) is 5.81. The monoisotopic (exact) mass is 208 g/mol. The third-order valence-corrected chi connectivity index (χ3v) is 2.89. The predicted octanol–water partition coefficient (Wildman–Crippen LogP) is -0.527. The number of carbonyl (C=O) groups is 2. The number of hydrogen-bond acceptors (Lipinski definition) is 4. The van der Waals surface area contributed by atoms with E-state index in [2.05, 4.69) is 6.58 Å². The maximum absolute atomic E-state index is 10.9. The van der Waals surface area contributed by atoms with E-state index < -0.39 is 33.4 Å². The smallest absolute Gasteiger partial charge is 0.322 e. The van der Waals surface area contributed by atoms with E-state index in [1.165, 1.54) is 0 Å². The summed E-state index contributed by atoms with van der Waals surface area (Å²) < 4.78 is 21.8. The Morgan fingerprint density at radius 2 is 1.85 bits per heavy atom. The number of hydrogen-bond donors (Lipinski definition) is 2. The lowest BCUT2D eigenvalue weighted by Gasteiger charge is -2.06. The molecule has 2 N–H and O–H groups in total. The second-order valence-electron chi connectivity index (χ2n) is 2.18. The third kappa shape index (κ3) is 3.24. The van der Waals surface area contributed by atoms with E-state index in [1.54, 1.807) is 0 Å². The van der Waals surface area contributed by atoms with Gasteiger partial charge < -0.3 is 10.2 Å². The lowest BCUT2D eigenvalue weighted by molar-refractivity contribution is -0.143. The first-order valence-electron chi connectivity index (χ1n) is 3.12. The van der Waals surface area contributed by atoms with E-state index in [-0.39, 0.29) is 0 Å². The van der Waals surface area contributed by atoms with Gasteiger partial charge in [-0.25, -0.2) is 8.42 Å². The molecule has 13 heavy (non-hydrogen) atoms. The van der Waals surface area contributed by atoms with Crippen molar-refractivity contribution in [3.05, 3.63) is 12.0 Å². The van der Waals surface area contributed by atoms with Crippen molar-refractivity contribution in [3.8, 4) is 0 Å². The summed E-state index contributed by atoms with van der Waals surface area (Å²) in [5, 5.41) is 15.1. The van der Waals surface area contributed by atoms with Crippen molar-refractivity contribution < 1.29 is 28.2 Å². The van der Waals surface area contributed by atoms with E-state index in [9.17, 15) is 18.0 Å². The highest BCUT2D eigenvalue weighted by Crippen LogP contribution is 2.08. The van der Waals surface area contributed by atoms with Gasteiger partial charge in [0, 0.05) is 5.41 Å². The van der Waals surface area contributed by atoms with Crippen LogP contribution in [0.25, 0.3) is 0 Å². The maximum Gasteiger partial charge on any atom is 0.322 e. The van der Waals surface area contributed by atoms with Crippen molar-refractivity contribution in [1.82, 2.24) is 0 Å². The van der Waals surface area contributed by atoms with Crippen molar-refractivity contribution in [1.29, 1.82) is 0 Å². The van der Waals surface area contributed by atoms with Crippen LogP contribution in [0.4, 0.5) is 0 Å². The zero-order valence-corrected chi connectivity index (χ0v) is 7.32. The fourth-order valence-corrected chi connectivity index (χ4v) is 1.51. The number of carboxylic acids is 2. The van der Waals surface area contributed by atoms with Gasteiger partial charge >= 0.3 is 11.9 Å². The van der Waals surface area contributed by atoms with Gasteiger partial charge in [0.15, 0.2) is 15.1 Å². The van der Waals surface area contributed by atoms with Crippen LogP contribution >= 0.6 is 0 Å². The van der Waals surface area contributed by atoms with Crippen molar-refractivity contribution in [2.24, 2.45) is 0 Å². The Hall–Kier alpha value is -1.37. The summed E-state index contributed by atoms with van der Waals surface area (Å²) in [5.74, 6) is -3.18. The number of rotatable bonds is 5. The van der Waals surface area contributed by atoms with E-state index >= 15 is 0 Å². The minimum atomic E-state index is -4.07. The Morgan fingerprint density at radius 3 is 2.08 bits per heavy atom. The molecule has 0 saturated heterocycles. The number of sulfone groups is 1. The molecule has 0 heterocycles. The van der Waals surface area contributed by atoms with Gasteiger partial charge in [0.2, 0.25) is 0 Å². The second kappa shape index (κ2) is 4.04. The molecule has 0 rings (SSSR count). The maximum atomic E-state index is 10.9. The van der Waals surface area contributed by atoms with Crippen LogP contribution in [0.1, 0.15) is 6.42 Å². The Kier molecular flexibility index (Phi) is 3.61. The second-order valence-corrected chi connectivity index (χ2v) is 4.26. The van der Waals surface area contributed by atoms with E-state index in [0.29, 0.717) is 5.41 Å². The van der Waals surface area contributed by atoms with Crippen LogP contribution in [0.5, 0.6) is 0 Å². The minimum absolute atomic E-state index is 0.439.